The molecule has 6 heteroatoms. The number of benzene rings is 2. The number of imidazole rings is 1. The van der Waals surface area contributed by atoms with E-state index >= 15 is 0 Å². The Balaban J connectivity index is 1.71. The number of ether oxygens (including phenoxy) is 1. The van der Waals surface area contributed by atoms with E-state index in [1.54, 1.807) is 7.11 Å². The quantitative estimate of drug-likeness (QED) is 0.628. The third-order valence-corrected chi connectivity index (χ3v) is 5.82. The van der Waals surface area contributed by atoms with E-state index in [2.05, 4.69) is 62.3 Å². The second-order valence-corrected chi connectivity index (χ2v) is 7.29. The van der Waals surface area contributed by atoms with Gasteiger partial charge in [0.15, 0.2) is 4.77 Å². The molecule has 4 rings (SSSR count). The molecular weight excluding hydrogens is 356 g/mol. The van der Waals surface area contributed by atoms with Gasteiger partial charge in [0.05, 0.1) is 24.8 Å². The highest BCUT2D eigenvalue weighted by atomic mass is 32.1. The lowest BCUT2D eigenvalue weighted by Gasteiger charge is -2.34. The van der Waals surface area contributed by atoms with Crippen molar-refractivity contribution in [1.82, 2.24) is 18.9 Å². The minimum atomic E-state index is 0.833. The number of rotatable bonds is 5. The number of aromatic nitrogens is 2. The molecule has 1 aromatic heterocycles. The summed E-state index contributed by atoms with van der Waals surface area (Å²) in [6.45, 7) is 8.61. The summed E-state index contributed by atoms with van der Waals surface area (Å²) in [7, 11) is 1.69. The fourth-order valence-corrected chi connectivity index (χ4v) is 4.13. The Hall–Kier alpha value is -2.15. The van der Waals surface area contributed by atoms with Crippen LogP contribution in [-0.4, -0.2) is 58.8 Å². The summed E-state index contributed by atoms with van der Waals surface area (Å²) in [6.07, 6.45) is 0. The van der Waals surface area contributed by atoms with Crippen molar-refractivity contribution in [1.29, 1.82) is 0 Å². The van der Waals surface area contributed by atoms with Crippen LogP contribution in [0.4, 0.5) is 0 Å². The number of piperazine rings is 1. The molecule has 0 saturated carbocycles. The number of para-hydroxylation sites is 2. The van der Waals surface area contributed by atoms with E-state index in [-0.39, 0.29) is 0 Å². The van der Waals surface area contributed by atoms with Crippen molar-refractivity contribution in [2.75, 3.05) is 39.8 Å². The Morgan fingerprint density at radius 3 is 2.15 bits per heavy atom. The summed E-state index contributed by atoms with van der Waals surface area (Å²) >= 11 is 5.91. The van der Waals surface area contributed by atoms with Crippen molar-refractivity contribution in [2.45, 2.75) is 13.6 Å². The summed E-state index contributed by atoms with van der Waals surface area (Å²) in [6, 6.07) is 16.5. The Morgan fingerprint density at radius 2 is 1.52 bits per heavy atom. The first-order valence-corrected chi connectivity index (χ1v) is 9.91. The van der Waals surface area contributed by atoms with E-state index in [0.717, 1.165) is 61.1 Å². The van der Waals surface area contributed by atoms with Crippen LogP contribution >= 0.6 is 12.2 Å². The number of hydrogen-bond donors (Lipinski definition) is 0. The summed E-state index contributed by atoms with van der Waals surface area (Å²) in [5, 5.41) is 0. The van der Waals surface area contributed by atoms with Gasteiger partial charge in [0, 0.05) is 31.9 Å². The lowest BCUT2D eigenvalue weighted by atomic mass is 10.2. The molecule has 1 aliphatic rings. The molecule has 0 spiro atoms. The van der Waals surface area contributed by atoms with Crippen LogP contribution < -0.4 is 4.74 Å². The van der Waals surface area contributed by atoms with Crippen LogP contribution in [0.1, 0.15) is 6.92 Å². The van der Waals surface area contributed by atoms with Crippen molar-refractivity contribution in [3.8, 4) is 11.4 Å². The van der Waals surface area contributed by atoms with E-state index in [0.29, 0.717) is 0 Å². The zero-order chi connectivity index (χ0) is 18.8. The average Bonchev–Trinajstić information content (AvgIpc) is 3.00. The zero-order valence-electron chi connectivity index (χ0n) is 16.0. The third-order valence-electron chi connectivity index (χ3n) is 5.42. The molecule has 1 aliphatic heterocycles. The monoisotopic (exact) mass is 382 g/mol. The second-order valence-electron chi connectivity index (χ2n) is 6.93. The van der Waals surface area contributed by atoms with Crippen molar-refractivity contribution < 1.29 is 4.74 Å². The van der Waals surface area contributed by atoms with Gasteiger partial charge in [0.25, 0.3) is 0 Å². The van der Waals surface area contributed by atoms with Gasteiger partial charge in [-0.15, -0.1) is 0 Å². The van der Waals surface area contributed by atoms with Crippen molar-refractivity contribution in [2.24, 2.45) is 0 Å². The Morgan fingerprint density at radius 1 is 0.889 bits per heavy atom. The van der Waals surface area contributed by atoms with Gasteiger partial charge < -0.3 is 14.2 Å². The maximum Gasteiger partial charge on any atom is 0.186 e. The summed E-state index contributed by atoms with van der Waals surface area (Å²) in [5.74, 6) is 0.850. The van der Waals surface area contributed by atoms with Crippen LogP contribution in [0.25, 0.3) is 16.7 Å². The van der Waals surface area contributed by atoms with Gasteiger partial charge in [0.2, 0.25) is 0 Å². The average molecular weight is 383 g/mol. The molecule has 0 aliphatic carbocycles. The molecule has 3 aromatic rings. The molecule has 2 aromatic carbocycles. The second kappa shape index (κ2) is 7.84. The normalized spacial score (nSPS) is 16.1. The number of hydrogen-bond acceptors (Lipinski definition) is 4. The van der Waals surface area contributed by atoms with Crippen molar-refractivity contribution in [3.05, 3.63) is 53.3 Å². The van der Waals surface area contributed by atoms with E-state index < -0.39 is 0 Å². The van der Waals surface area contributed by atoms with Gasteiger partial charge in [0.1, 0.15) is 5.75 Å². The molecule has 142 valence electrons. The van der Waals surface area contributed by atoms with Crippen LogP contribution in [0.5, 0.6) is 5.75 Å². The number of methoxy groups -OCH3 is 1. The first-order chi connectivity index (χ1) is 13.2. The molecule has 0 N–H and O–H groups in total. The molecular formula is C21H26N4OS. The van der Waals surface area contributed by atoms with E-state index in [9.17, 15) is 0 Å². The highest BCUT2D eigenvalue weighted by Crippen LogP contribution is 2.24. The van der Waals surface area contributed by atoms with Gasteiger partial charge in [-0.25, -0.2) is 0 Å². The van der Waals surface area contributed by atoms with Crippen LogP contribution in [0, 0.1) is 4.77 Å². The number of likely N-dealkylation sites (N-methyl/N-ethyl adjacent to an activating group) is 1. The number of nitrogens with zero attached hydrogens (tertiary/aromatic N) is 4. The van der Waals surface area contributed by atoms with Crippen molar-refractivity contribution in [3.63, 3.8) is 0 Å². The largest absolute Gasteiger partial charge is 0.497 e. The van der Waals surface area contributed by atoms with Crippen LogP contribution in [0.2, 0.25) is 0 Å². The lowest BCUT2D eigenvalue weighted by molar-refractivity contribution is 0.112. The van der Waals surface area contributed by atoms with Gasteiger partial charge >= 0.3 is 0 Å². The fraction of sp³-hybridized carbons (Fsp3) is 0.381. The van der Waals surface area contributed by atoms with Gasteiger partial charge in [-0.3, -0.25) is 9.47 Å². The molecule has 0 unspecified atom stereocenters. The van der Waals surface area contributed by atoms with Gasteiger partial charge in [-0.05, 0) is 55.2 Å². The lowest BCUT2D eigenvalue weighted by Crippen LogP contribution is -2.46. The maximum absolute atomic E-state index is 5.91. The third kappa shape index (κ3) is 3.52. The Kier molecular flexibility index (Phi) is 5.29. The molecule has 2 heterocycles. The molecule has 27 heavy (non-hydrogen) atoms. The molecule has 0 amide bonds. The Labute approximate surface area is 165 Å². The van der Waals surface area contributed by atoms with Crippen molar-refractivity contribution >= 4 is 23.3 Å². The molecule has 1 fully saturated rings. The number of fused-ring (bicyclic) bond motifs is 1. The predicted octanol–water partition coefficient (Wildman–Crippen LogP) is 3.77. The molecule has 5 nitrogen and oxygen atoms in total. The highest BCUT2D eigenvalue weighted by Gasteiger charge is 2.18. The first kappa shape index (κ1) is 18.2. The van der Waals surface area contributed by atoms with Crippen LogP contribution in [-0.2, 0) is 6.67 Å². The SMILES string of the molecule is CCN1CCN(Cn2c(=S)n(-c3ccc(OC)cc3)c3ccccc32)CC1. The predicted molar refractivity (Wildman–Crippen MR) is 112 cm³/mol. The minimum absolute atomic E-state index is 0.833. The van der Waals surface area contributed by atoms with Gasteiger partial charge in [-0.1, -0.05) is 19.1 Å². The summed E-state index contributed by atoms with van der Waals surface area (Å²) < 4.78 is 10.5. The van der Waals surface area contributed by atoms with Gasteiger partial charge in [-0.2, -0.15) is 0 Å². The summed E-state index contributed by atoms with van der Waals surface area (Å²) in [4.78, 5) is 4.99. The summed E-state index contributed by atoms with van der Waals surface area (Å²) in [5.41, 5.74) is 3.38. The Bertz CT molecular complexity index is 968. The van der Waals surface area contributed by atoms with E-state index in [1.165, 1.54) is 5.52 Å². The van der Waals surface area contributed by atoms with Crippen LogP contribution in [0.15, 0.2) is 48.5 Å². The molecule has 0 bridgehead atoms. The topological polar surface area (TPSA) is 25.6 Å². The van der Waals surface area contributed by atoms with E-state index in [4.69, 9.17) is 17.0 Å². The van der Waals surface area contributed by atoms with E-state index in [1.807, 2.05) is 12.1 Å². The molecule has 0 atom stereocenters. The molecule has 0 radical (unpaired) electrons. The zero-order valence-corrected chi connectivity index (χ0v) is 16.8. The minimum Gasteiger partial charge on any atom is -0.497 e. The standard InChI is InChI=1S/C21H26N4OS/c1-3-22-12-14-23(15-13-22)16-24-19-6-4-5-7-20(19)25(21(24)27)17-8-10-18(26-2)11-9-17/h4-11H,3,12-16H2,1-2H3. The molecule has 1 saturated heterocycles. The van der Waals surface area contributed by atoms with Crippen LogP contribution in [0.3, 0.4) is 0 Å². The fourth-order valence-electron chi connectivity index (χ4n) is 3.77. The maximum atomic E-state index is 5.91. The smallest absolute Gasteiger partial charge is 0.186 e. The highest BCUT2D eigenvalue weighted by molar-refractivity contribution is 7.71. The first-order valence-electron chi connectivity index (χ1n) is 9.50.